The van der Waals surface area contributed by atoms with Gasteiger partial charge in [0, 0.05) is 6.54 Å². The third-order valence-corrected chi connectivity index (χ3v) is 3.55. The van der Waals surface area contributed by atoms with E-state index in [1.165, 1.54) is 6.26 Å². The van der Waals surface area contributed by atoms with Crippen LogP contribution < -0.4 is 0 Å². The molecule has 2 aliphatic rings. The van der Waals surface area contributed by atoms with E-state index in [1.807, 2.05) is 0 Å². The van der Waals surface area contributed by atoms with Crippen molar-refractivity contribution in [1.82, 2.24) is 9.91 Å². The highest BCUT2D eigenvalue weighted by molar-refractivity contribution is 6.06. The molecule has 6 heteroatoms. The van der Waals surface area contributed by atoms with Gasteiger partial charge in [-0.1, -0.05) is 0 Å². The largest absolute Gasteiger partial charge is 0.463 e. The average molecular weight is 261 g/mol. The molecule has 0 radical (unpaired) electrons. The third kappa shape index (κ3) is 1.93. The first-order valence-electron chi connectivity index (χ1n) is 6.42. The molecule has 1 atom stereocenters. The van der Waals surface area contributed by atoms with E-state index in [0.717, 1.165) is 24.3 Å². The molecule has 0 bridgehead atoms. The summed E-state index contributed by atoms with van der Waals surface area (Å²) in [4.78, 5) is 25.9. The summed E-state index contributed by atoms with van der Waals surface area (Å²) in [6.07, 6.45) is 4.20. The van der Waals surface area contributed by atoms with Crippen molar-refractivity contribution in [1.29, 1.82) is 0 Å². The highest BCUT2D eigenvalue weighted by Crippen LogP contribution is 2.27. The van der Waals surface area contributed by atoms with Gasteiger partial charge in [0.1, 0.15) is 17.5 Å². The topological polar surface area (TPSA) is 66.1 Å². The van der Waals surface area contributed by atoms with Gasteiger partial charge in [-0.05, 0) is 38.3 Å². The minimum atomic E-state index is -0.325. The van der Waals surface area contributed by atoms with Crippen molar-refractivity contribution in [2.24, 2.45) is 5.10 Å². The van der Waals surface area contributed by atoms with Crippen molar-refractivity contribution < 1.29 is 14.0 Å². The van der Waals surface area contributed by atoms with Crippen LogP contribution in [-0.4, -0.2) is 40.1 Å². The number of hydrogen-bond acceptors (Lipinski definition) is 4. The first-order valence-corrected chi connectivity index (χ1v) is 6.42. The third-order valence-electron chi connectivity index (χ3n) is 3.55. The van der Waals surface area contributed by atoms with E-state index in [2.05, 4.69) is 5.10 Å². The van der Waals surface area contributed by atoms with Crippen LogP contribution in [0.5, 0.6) is 0 Å². The van der Waals surface area contributed by atoms with E-state index < -0.39 is 0 Å². The molecule has 0 spiro atoms. The number of piperidine rings is 1. The van der Waals surface area contributed by atoms with Crippen LogP contribution in [0.4, 0.5) is 4.79 Å². The molecule has 1 aromatic rings. The number of furan rings is 1. The molecule has 2 aliphatic heterocycles. The van der Waals surface area contributed by atoms with Crippen molar-refractivity contribution in [3.05, 3.63) is 24.2 Å². The number of hydrazone groups is 1. The van der Waals surface area contributed by atoms with Gasteiger partial charge < -0.3 is 9.32 Å². The number of carbonyl (C=O) groups is 2. The Labute approximate surface area is 110 Å². The number of imide groups is 1. The minimum absolute atomic E-state index is 0.226. The summed E-state index contributed by atoms with van der Waals surface area (Å²) in [5.74, 6) is 0.334. The normalized spacial score (nSPS) is 24.1. The van der Waals surface area contributed by atoms with Crippen molar-refractivity contribution in [2.75, 3.05) is 6.54 Å². The molecular formula is C13H15N3O3. The molecule has 3 heterocycles. The quantitative estimate of drug-likeness (QED) is 0.602. The first kappa shape index (κ1) is 12.0. The van der Waals surface area contributed by atoms with Crippen LogP contribution in [0.1, 0.15) is 31.9 Å². The minimum Gasteiger partial charge on any atom is -0.463 e. The van der Waals surface area contributed by atoms with Crippen LogP contribution in [0, 0.1) is 0 Å². The number of carbonyl (C=O) groups excluding carboxylic acids is 2. The number of rotatable bonds is 2. The smallest absolute Gasteiger partial charge is 0.348 e. The molecule has 0 N–H and O–H groups in total. The first-order chi connectivity index (χ1) is 9.18. The summed E-state index contributed by atoms with van der Waals surface area (Å²) in [5.41, 5.74) is 0.520. The second-order valence-corrected chi connectivity index (χ2v) is 4.80. The molecule has 6 nitrogen and oxygen atoms in total. The lowest BCUT2D eigenvalue weighted by molar-refractivity contribution is -0.128. The lowest BCUT2D eigenvalue weighted by Gasteiger charge is -2.25. The maximum absolute atomic E-state index is 12.2. The van der Waals surface area contributed by atoms with Gasteiger partial charge in [0.15, 0.2) is 0 Å². The monoisotopic (exact) mass is 261 g/mol. The Morgan fingerprint density at radius 1 is 1.42 bits per heavy atom. The summed E-state index contributed by atoms with van der Waals surface area (Å²) < 4.78 is 5.20. The fraction of sp³-hybridized carbons (Fsp3) is 0.462. The molecular weight excluding hydrogens is 246 g/mol. The van der Waals surface area contributed by atoms with Gasteiger partial charge >= 0.3 is 6.03 Å². The van der Waals surface area contributed by atoms with E-state index in [1.54, 1.807) is 24.0 Å². The molecule has 2 fully saturated rings. The molecule has 1 aromatic heterocycles. The molecule has 100 valence electrons. The van der Waals surface area contributed by atoms with Crippen LogP contribution in [0.25, 0.3) is 0 Å². The number of urea groups is 1. The van der Waals surface area contributed by atoms with E-state index >= 15 is 0 Å². The highest BCUT2D eigenvalue weighted by atomic mass is 16.3. The predicted molar refractivity (Wildman–Crippen MR) is 67.5 cm³/mol. The zero-order chi connectivity index (χ0) is 13.4. The maximum atomic E-state index is 12.2. The van der Waals surface area contributed by atoms with Gasteiger partial charge in [0.25, 0.3) is 5.91 Å². The zero-order valence-corrected chi connectivity index (χ0v) is 10.7. The number of hydrogen-bond donors (Lipinski definition) is 0. The van der Waals surface area contributed by atoms with E-state index in [-0.39, 0.29) is 18.0 Å². The molecule has 2 saturated heterocycles. The lowest BCUT2D eigenvalue weighted by Crippen LogP contribution is -2.38. The van der Waals surface area contributed by atoms with Crippen LogP contribution in [-0.2, 0) is 4.79 Å². The second-order valence-electron chi connectivity index (χ2n) is 4.80. The van der Waals surface area contributed by atoms with Crippen LogP contribution in [0.3, 0.4) is 0 Å². The summed E-state index contributed by atoms with van der Waals surface area (Å²) in [5, 5.41) is 5.10. The van der Waals surface area contributed by atoms with Gasteiger partial charge in [0.2, 0.25) is 0 Å². The molecule has 0 unspecified atom stereocenters. The summed E-state index contributed by atoms with van der Waals surface area (Å²) in [7, 11) is 0. The van der Waals surface area contributed by atoms with Crippen molar-refractivity contribution in [3.63, 3.8) is 0 Å². The summed E-state index contributed by atoms with van der Waals surface area (Å²) in [6.45, 7) is 2.36. The van der Waals surface area contributed by atoms with Crippen molar-refractivity contribution in [3.8, 4) is 0 Å². The average Bonchev–Trinajstić information content (AvgIpc) is 3.03. The fourth-order valence-corrected chi connectivity index (χ4v) is 2.55. The fourth-order valence-electron chi connectivity index (χ4n) is 2.55. The number of fused-ring (bicyclic) bond motifs is 1. The summed E-state index contributed by atoms with van der Waals surface area (Å²) in [6, 6.07) is 2.85. The molecule has 0 aliphatic carbocycles. The van der Waals surface area contributed by atoms with Gasteiger partial charge in [-0.2, -0.15) is 5.10 Å². The zero-order valence-electron chi connectivity index (χ0n) is 10.7. The Balaban J connectivity index is 1.87. The van der Waals surface area contributed by atoms with E-state index in [9.17, 15) is 9.59 Å². The van der Waals surface area contributed by atoms with Gasteiger partial charge in [0.05, 0.1) is 6.26 Å². The van der Waals surface area contributed by atoms with Gasteiger partial charge in [-0.3, -0.25) is 4.79 Å². The van der Waals surface area contributed by atoms with Crippen LogP contribution in [0.15, 0.2) is 27.9 Å². The molecule has 3 amide bonds. The standard InChI is InChI=1S/C13H15N3O3/c1-9(11-6-4-8-19-11)14-16-12(17)10-5-2-3-7-15(10)13(16)18/h4,6,8,10H,2-3,5,7H2,1H3/b14-9+/t10-/m0/s1. The SMILES string of the molecule is C/C(=N\N1C(=O)[C@@H]2CCCCN2C1=O)c1ccco1. The molecule has 3 rings (SSSR count). The Morgan fingerprint density at radius 2 is 2.26 bits per heavy atom. The van der Waals surface area contributed by atoms with Crippen LogP contribution in [0.2, 0.25) is 0 Å². The molecule has 19 heavy (non-hydrogen) atoms. The van der Waals surface area contributed by atoms with E-state index in [0.29, 0.717) is 18.0 Å². The number of nitrogens with zero attached hydrogens (tertiary/aromatic N) is 3. The molecule has 0 aromatic carbocycles. The molecule has 0 saturated carbocycles. The van der Waals surface area contributed by atoms with Crippen LogP contribution >= 0.6 is 0 Å². The van der Waals surface area contributed by atoms with Crippen molar-refractivity contribution in [2.45, 2.75) is 32.2 Å². The Kier molecular flexibility index (Phi) is 2.85. The number of amides is 3. The lowest BCUT2D eigenvalue weighted by atomic mass is 10.0. The Morgan fingerprint density at radius 3 is 2.95 bits per heavy atom. The maximum Gasteiger partial charge on any atom is 0.348 e. The van der Waals surface area contributed by atoms with E-state index in [4.69, 9.17) is 4.42 Å². The second kappa shape index (κ2) is 4.53. The van der Waals surface area contributed by atoms with Gasteiger partial charge in [-0.15, -0.1) is 5.01 Å². The summed E-state index contributed by atoms with van der Waals surface area (Å²) >= 11 is 0. The Bertz CT molecular complexity index is 511. The van der Waals surface area contributed by atoms with Crippen molar-refractivity contribution >= 4 is 17.6 Å². The Hall–Kier alpha value is -2.11. The predicted octanol–water partition coefficient (Wildman–Crippen LogP) is 1.82. The van der Waals surface area contributed by atoms with Gasteiger partial charge in [-0.25, -0.2) is 4.79 Å². The highest BCUT2D eigenvalue weighted by Gasteiger charge is 2.46.